The number of fused-ring (bicyclic) bond motifs is 6. The molecule has 2 aromatic heterocycles. The third kappa shape index (κ3) is 5.04. The van der Waals surface area contributed by atoms with Crippen molar-refractivity contribution in [2.24, 2.45) is 0 Å². The first-order chi connectivity index (χ1) is 28.6. The van der Waals surface area contributed by atoms with Crippen LogP contribution in [0.5, 0.6) is 0 Å². The fourth-order valence-corrected chi connectivity index (χ4v) is 6.85. The molecule has 0 saturated carbocycles. The number of aromatic nitrogens is 4. The summed E-state index contributed by atoms with van der Waals surface area (Å²) < 4.78 is 72.0. The molecular weight excluding hydrogens is 621 g/mol. The Kier molecular flexibility index (Phi) is 5.12. The van der Waals surface area contributed by atoms with E-state index in [0.717, 1.165) is 43.8 Å². The molecule has 2 heterocycles. The first kappa shape index (κ1) is 21.9. The highest BCUT2D eigenvalue weighted by atomic mass is 15.0. The maximum Gasteiger partial charge on any atom is 0.164 e. The average molecular weight is 659 g/mol. The van der Waals surface area contributed by atoms with E-state index in [-0.39, 0.29) is 33.9 Å². The van der Waals surface area contributed by atoms with E-state index in [0.29, 0.717) is 28.7 Å². The molecule has 0 unspecified atom stereocenters. The number of hydrogen-bond donors (Lipinski definition) is 0. The molecule has 10 rings (SSSR count). The van der Waals surface area contributed by atoms with Crippen LogP contribution in [-0.4, -0.2) is 19.5 Å². The molecule has 0 atom stereocenters. The molecule has 0 saturated heterocycles. The van der Waals surface area contributed by atoms with Crippen molar-refractivity contribution < 1.29 is 11.0 Å². The van der Waals surface area contributed by atoms with E-state index in [1.165, 1.54) is 4.57 Å². The summed E-state index contributed by atoms with van der Waals surface area (Å²) in [6.45, 7) is 0. The normalized spacial score (nSPS) is 13.7. The van der Waals surface area contributed by atoms with Crippen LogP contribution >= 0.6 is 0 Å². The van der Waals surface area contributed by atoms with Crippen LogP contribution in [0.1, 0.15) is 11.0 Å². The Morgan fingerprint density at radius 3 is 1.65 bits per heavy atom. The Hall–Kier alpha value is -6.91. The van der Waals surface area contributed by atoms with Gasteiger partial charge in [0, 0.05) is 33.2 Å². The van der Waals surface area contributed by atoms with Gasteiger partial charge in [0.2, 0.25) is 0 Å². The second-order valence-corrected chi connectivity index (χ2v) is 12.3. The van der Waals surface area contributed by atoms with Crippen LogP contribution in [0, 0.1) is 0 Å². The van der Waals surface area contributed by atoms with E-state index in [1.54, 1.807) is 6.07 Å². The van der Waals surface area contributed by atoms with Gasteiger partial charge in [-0.1, -0.05) is 145 Å². The molecule has 10 aromatic rings. The van der Waals surface area contributed by atoms with E-state index in [2.05, 4.69) is 36.4 Å². The van der Waals surface area contributed by atoms with Gasteiger partial charge >= 0.3 is 0 Å². The summed E-state index contributed by atoms with van der Waals surface area (Å²) in [5.74, 6) is 1.21. The highest BCUT2D eigenvalue weighted by molar-refractivity contribution is 6.10. The summed E-state index contributed by atoms with van der Waals surface area (Å²) in [6, 6.07) is 39.9. The van der Waals surface area contributed by atoms with Crippen LogP contribution in [0.2, 0.25) is 0 Å². The average Bonchev–Trinajstić information content (AvgIpc) is 3.65. The van der Waals surface area contributed by atoms with Crippen molar-refractivity contribution in [3.05, 3.63) is 182 Å². The molecule has 0 amide bonds. The fraction of sp³-hybridized carbons (Fsp3) is 0. The van der Waals surface area contributed by atoms with E-state index in [1.807, 2.05) is 91.0 Å². The summed E-state index contributed by atoms with van der Waals surface area (Å²) in [4.78, 5) is 15.1. The SMILES string of the molecule is [2H]c1c([2H])c([2H])c2c(c1[2H])c1c([2H])c([2H])c([2H])c([2H])c1n2-c1cc(-c2ccccc2)cc(-c2nc(-c3ccccc3)nc(-c3ccc4c(ccc5ccccc54)c3)n2)c1. The third-order valence-corrected chi connectivity index (χ3v) is 9.24. The Morgan fingerprint density at radius 2 is 0.922 bits per heavy atom. The van der Waals surface area contributed by atoms with Crippen LogP contribution in [0.15, 0.2) is 182 Å². The molecule has 0 N–H and O–H groups in total. The maximum absolute atomic E-state index is 9.12. The molecule has 0 aliphatic carbocycles. The van der Waals surface area contributed by atoms with E-state index >= 15 is 0 Å². The van der Waals surface area contributed by atoms with E-state index < -0.39 is 36.3 Å². The van der Waals surface area contributed by atoms with Gasteiger partial charge in [0.05, 0.1) is 22.0 Å². The highest BCUT2D eigenvalue weighted by Crippen LogP contribution is 2.36. The van der Waals surface area contributed by atoms with Crippen molar-refractivity contribution in [2.75, 3.05) is 0 Å². The van der Waals surface area contributed by atoms with E-state index in [4.69, 9.17) is 25.9 Å². The van der Waals surface area contributed by atoms with Gasteiger partial charge in [0.1, 0.15) is 0 Å². The minimum absolute atomic E-state index is 0.00237. The largest absolute Gasteiger partial charge is 0.309 e. The van der Waals surface area contributed by atoms with Crippen LogP contribution in [0.25, 0.3) is 94.3 Å². The first-order valence-electron chi connectivity index (χ1n) is 20.5. The molecule has 0 fully saturated rings. The number of hydrogen-bond acceptors (Lipinski definition) is 3. The smallest absolute Gasteiger partial charge is 0.164 e. The number of benzene rings is 8. The topological polar surface area (TPSA) is 43.6 Å². The van der Waals surface area contributed by atoms with Crippen LogP contribution in [0.3, 0.4) is 0 Å². The zero-order valence-corrected chi connectivity index (χ0v) is 27.0. The molecule has 0 bridgehead atoms. The number of nitrogens with zero attached hydrogens (tertiary/aromatic N) is 4. The zero-order chi connectivity index (χ0) is 40.7. The lowest BCUT2D eigenvalue weighted by molar-refractivity contribution is 1.07. The third-order valence-electron chi connectivity index (χ3n) is 9.24. The van der Waals surface area contributed by atoms with Crippen LogP contribution in [0.4, 0.5) is 0 Å². The van der Waals surface area contributed by atoms with Gasteiger partial charge in [-0.25, -0.2) is 15.0 Å². The predicted molar refractivity (Wildman–Crippen MR) is 211 cm³/mol. The molecule has 4 nitrogen and oxygen atoms in total. The molecule has 4 heteroatoms. The Morgan fingerprint density at radius 1 is 0.373 bits per heavy atom. The number of rotatable bonds is 5. The predicted octanol–water partition coefficient (Wildman–Crippen LogP) is 11.9. The van der Waals surface area contributed by atoms with E-state index in [9.17, 15) is 0 Å². The lowest BCUT2D eigenvalue weighted by Crippen LogP contribution is -2.02. The van der Waals surface area contributed by atoms with Crippen molar-refractivity contribution in [3.8, 4) is 51.0 Å². The minimum atomic E-state index is -0.499. The van der Waals surface area contributed by atoms with Gasteiger partial charge in [0.25, 0.3) is 0 Å². The molecule has 8 aromatic carbocycles. The summed E-state index contributed by atoms with van der Waals surface area (Å²) in [7, 11) is 0. The van der Waals surface area contributed by atoms with Crippen molar-refractivity contribution in [3.63, 3.8) is 0 Å². The van der Waals surface area contributed by atoms with Crippen molar-refractivity contribution in [1.29, 1.82) is 0 Å². The zero-order valence-electron chi connectivity index (χ0n) is 35.0. The second-order valence-electron chi connectivity index (χ2n) is 12.3. The fourth-order valence-electron chi connectivity index (χ4n) is 6.85. The highest BCUT2D eigenvalue weighted by Gasteiger charge is 2.18. The summed E-state index contributed by atoms with van der Waals surface area (Å²) >= 11 is 0. The van der Waals surface area contributed by atoms with Gasteiger partial charge in [-0.05, 0) is 69.0 Å². The van der Waals surface area contributed by atoms with Gasteiger partial charge in [0.15, 0.2) is 17.5 Å². The summed E-state index contributed by atoms with van der Waals surface area (Å²) in [5.41, 5.74) is 4.09. The minimum Gasteiger partial charge on any atom is -0.309 e. The molecule has 0 aliphatic heterocycles. The van der Waals surface area contributed by atoms with Gasteiger partial charge in [-0.15, -0.1) is 0 Å². The standard InChI is InChI=1S/C47H30N4/c1-3-13-31(14-4-1)36-28-37(30-38(29-36)51-43-21-11-9-19-41(43)42-20-10-12-22-44(42)51)47-49-45(33-16-5-2-6-17-33)48-46(50-47)35-25-26-40-34(27-35)24-23-32-15-7-8-18-39(32)40/h1-30H/i9D,10D,11D,12D,19D,20D,21D,22D. The van der Waals surface area contributed by atoms with Gasteiger partial charge < -0.3 is 4.57 Å². The molecule has 238 valence electrons. The Labute approximate surface area is 306 Å². The van der Waals surface area contributed by atoms with Crippen LogP contribution < -0.4 is 0 Å². The lowest BCUT2D eigenvalue weighted by atomic mass is 10.00. The molecule has 51 heavy (non-hydrogen) atoms. The monoisotopic (exact) mass is 658 g/mol. The summed E-state index contributed by atoms with van der Waals surface area (Å²) in [6.07, 6.45) is 0. The van der Waals surface area contributed by atoms with Gasteiger partial charge in [-0.3, -0.25) is 0 Å². The maximum atomic E-state index is 9.12. The summed E-state index contributed by atoms with van der Waals surface area (Å²) in [5, 5.41) is 4.42. The second kappa shape index (κ2) is 11.9. The first-order valence-corrected chi connectivity index (χ1v) is 16.5. The molecular formula is C47H30N4. The number of para-hydroxylation sites is 2. The lowest BCUT2D eigenvalue weighted by Gasteiger charge is -2.14. The molecule has 0 aliphatic rings. The van der Waals surface area contributed by atoms with Crippen molar-refractivity contribution >= 4 is 43.4 Å². The molecule has 0 spiro atoms. The van der Waals surface area contributed by atoms with Crippen LogP contribution in [-0.2, 0) is 0 Å². The van der Waals surface area contributed by atoms with Crippen molar-refractivity contribution in [1.82, 2.24) is 19.5 Å². The van der Waals surface area contributed by atoms with Crippen molar-refractivity contribution in [2.45, 2.75) is 0 Å². The Bertz CT molecular complexity index is 3290. The molecule has 0 radical (unpaired) electrons. The quantitative estimate of drug-likeness (QED) is 0.173. The van der Waals surface area contributed by atoms with Gasteiger partial charge in [-0.2, -0.15) is 0 Å². The Balaban J connectivity index is 1.28.